The quantitative estimate of drug-likeness (QED) is 0.186. The summed E-state index contributed by atoms with van der Waals surface area (Å²) in [7, 11) is 0. The van der Waals surface area contributed by atoms with E-state index in [-0.39, 0.29) is 24.3 Å². The van der Waals surface area contributed by atoms with Crippen LogP contribution in [0.15, 0.2) is 54.6 Å². The SMILES string of the molecule is C#Cc1ccccc1C(C(=O)NC(C)C)N(CCCCCCCC)C(=O)C(Cc1ccccc1)NC(=O)OC(C)(C)C. The predicted molar refractivity (Wildman–Crippen MR) is 169 cm³/mol. The van der Waals surface area contributed by atoms with Gasteiger partial charge in [-0.2, -0.15) is 0 Å². The molecular formula is C35H49N3O4. The van der Waals surface area contributed by atoms with Crippen LogP contribution in [-0.4, -0.2) is 47.0 Å². The summed E-state index contributed by atoms with van der Waals surface area (Å²) in [4.78, 5) is 42.9. The van der Waals surface area contributed by atoms with Crippen LogP contribution in [-0.2, 0) is 20.7 Å². The standard InChI is InChI=1S/C35H49N3O4/c1-8-10-11-12-13-19-24-38(31(32(39)36-26(3)4)29-23-18-17-22-28(29)9-2)33(40)30(25-27-20-15-14-16-21-27)37-34(41)42-35(5,6)7/h2,14-18,20-23,26,30-31H,8,10-13,19,24-25H2,1,3-7H3,(H,36,39)(H,37,41). The molecule has 0 aliphatic rings. The van der Waals surface area contributed by atoms with Gasteiger partial charge in [0.2, 0.25) is 11.8 Å². The molecule has 2 N–H and O–H groups in total. The summed E-state index contributed by atoms with van der Waals surface area (Å²) >= 11 is 0. The number of hydrogen-bond donors (Lipinski definition) is 2. The van der Waals surface area contributed by atoms with Gasteiger partial charge in [-0.1, -0.05) is 93.5 Å². The van der Waals surface area contributed by atoms with Crippen molar-refractivity contribution in [2.75, 3.05) is 6.54 Å². The molecule has 2 rings (SSSR count). The van der Waals surface area contributed by atoms with Crippen LogP contribution in [0.5, 0.6) is 0 Å². The zero-order chi connectivity index (χ0) is 31.1. The predicted octanol–water partition coefficient (Wildman–Crippen LogP) is 6.56. The fraction of sp³-hybridized carbons (Fsp3) is 0.514. The molecule has 2 atom stereocenters. The van der Waals surface area contributed by atoms with E-state index in [0.29, 0.717) is 24.1 Å². The summed E-state index contributed by atoms with van der Waals surface area (Å²) in [5, 5.41) is 5.80. The van der Waals surface area contributed by atoms with E-state index in [4.69, 9.17) is 11.2 Å². The Kier molecular flexibility index (Phi) is 14.1. The number of amides is 3. The van der Waals surface area contributed by atoms with Crippen molar-refractivity contribution < 1.29 is 19.1 Å². The molecule has 0 saturated heterocycles. The second kappa shape index (κ2) is 17.2. The number of carbonyl (C=O) groups excluding carboxylic acids is 3. The number of unbranched alkanes of at least 4 members (excludes halogenated alkanes) is 5. The fourth-order valence-corrected chi connectivity index (χ4v) is 4.81. The molecule has 2 aromatic rings. The zero-order valence-corrected chi connectivity index (χ0v) is 26.2. The number of nitrogens with one attached hydrogen (secondary N) is 2. The minimum atomic E-state index is -0.971. The van der Waals surface area contributed by atoms with Crippen molar-refractivity contribution in [1.82, 2.24) is 15.5 Å². The van der Waals surface area contributed by atoms with Crippen LogP contribution in [0, 0.1) is 12.3 Å². The van der Waals surface area contributed by atoms with Crippen molar-refractivity contribution in [3.63, 3.8) is 0 Å². The number of alkyl carbamates (subject to hydrolysis) is 1. The first kappa shape index (κ1) is 34.4. The van der Waals surface area contributed by atoms with Crippen LogP contribution in [0.25, 0.3) is 0 Å². The highest BCUT2D eigenvalue weighted by atomic mass is 16.6. The van der Waals surface area contributed by atoms with E-state index < -0.39 is 23.8 Å². The first-order valence-electron chi connectivity index (χ1n) is 15.2. The second-order valence-corrected chi connectivity index (χ2v) is 12.0. The molecule has 3 amide bonds. The van der Waals surface area contributed by atoms with Crippen molar-refractivity contribution in [3.8, 4) is 12.3 Å². The Morgan fingerprint density at radius 1 is 0.905 bits per heavy atom. The number of nitrogens with zero attached hydrogens (tertiary/aromatic N) is 1. The highest BCUT2D eigenvalue weighted by molar-refractivity contribution is 5.92. The highest BCUT2D eigenvalue weighted by Crippen LogP contribution is 2.27. The molecule has 228 valence electrons. The van der Waals surface area contributed by atoms with E-state index in [0.717, 1.165) is 37.7 Å². The van der Waals surface area contributed by atoms with Gasteiger partial charge in [-0.3, -0.25) is 9.59 Å². The Bertz CT molecular complexity index is 1180. The molecule has 0 aliphatic carbocycles. The van der Waals surface area contributed by atoms with Gasteiger partial charge in [0.25, 0.3) is 0 Å². The molecular weight excluding hydrogens is 526 g/mol. The largest absolute Gasteiger partial charge is 0.444 e. The van der Waals surface area contributed by atoms with E-state index in [2.05, 4.69) is 23.5 Å². The second-order valence-electron chi connectivity index (χ2n) is 12.0. The average Bonchev–Trinajstić information content (AvgIpc) is 2.92. The maximum atomic E-state index is 14.5. The molecule has 2 unspecified atom stereocenters. The Hall–Kier alpha value is -3.79. The number of rotatable bonds is 15. The summed E-state index contributed by atoms with van der Waals surface area (Å²) in [6.07, 6.45) is 11.5. The molecule has 0 spiro atoms. The van der Waals surface area contributed by atoms with Gasteiger partial charge in [0.15, 0.2) is 0 Å². The molecule has 0 radical (unpaired) electrons. The van der Waals surface area contributed by atoms with Gasteiger partial charge in [-0.05, 0) is 58.2 Å². The number of terminal acetylenes is 1. The van der Waals surface area contributed by atoms with Crippen LogP contribution in [0.3, 0.4) is 0 Å². The summed E-state index contributed by atoms with van der Waals surface area (Å²) in [6, 6.07) is 14.6. The number of benzene rings is 2. The average molecular weight is 576 g/mol. The van der Waals surface area contributed by atoms with Crippen LogP contribution in [0.4, 0.5) is 4.79 Å². The Morgan fingerprint density at radius 2 is 1.52 bits per heavy atom. The van der Waals surface area contributed by atoms with E-state index in [1.807, 2.05) is 56.3 Å². The molecule has 0 aromatic heterocycles. The van der Waals surface area contributed by atoms with Crippen molar-refractivity contribution in [2.24, 2.45) is 0 Å². The maximum Gasteiger partial charge on any atom is 0.408 e. The van der Waals surface area contributed by atoms with Crippen LogP contribution in [0.2, 0.25) is 0 Å². The van der Waals surface area contributed by atoms with E-state index >= 15 is 0 Å². The third-order valence-corrected chi connectivity index (χ3v) is 6.71. The normalized spacial score (nSPS) is 12.6. The lowest BCUT2D eigenvalue weighted by Gasteiger charge is -2.35. The van der Waals surface area contributed by atoms with Crippen molar-refractivity contribution in [2.45, 2.75) is 110 Å². The lowest BCUT2D eigenvalue weighted by atomic mass is 9.96. The number of ether oxygens (including phenoxy) is 1. The van der Waals surface area contributed by atoms with Gasteiger partial charge >= 0.3 is 6.09 Å². The summed E-state index contributed by atoms with van der Waals surface area (Å²) < 4.78 is 5.53. The van der Waals surface area contributed by atoms with Gasteiger partial charge < -0.3 is 20.3 Å². The highest BCUT2D eigenvalue weighted by Gasteiger charge is 2.37. The van der Waals surface area contributed by atoms with E-state index in [1.165, 1.54) is 0 Å². The minimum absolute atomic E-state index is 0.149. The molecule has 0 saturated carbocycles. The number of carbonyl (C=O) groups is 3. The number of hydrogen-bond acceptors (Lipinski definition) is 4. The first-order valence-corrected chi connectivity index (χ1v) is 15.2. The zero-order valence-electron chi connectivity index (χ0n) is 26.2. The monoisotopic (exact) mass is 575 g/mol. The summed E-state index contributed by atoms with van der Waals surface area (Å²) in [5.41, 5.74) is 1.25. The molecule has 42 heavy (non-hydrogen) atoms. The topological polar surface area (TPSA) is 87.7 Å². The van der Waals surface area contributed by atoms with Gasteiger partial charge in [-0.25, -0.2) is 4.79 Å². The lowest BCUT2D eigenvalue weighted by molar-refractivity contribution is -0.142. The molecule has 0 aliphatic heterocycles. The lowest BCUT2D eigenvalue weighted by Crippen LogP contribution is -2.54. The van der Waals surface area contributed by atoms with Gasteiger partial charge in [0.1, 0.15) is 17.7 Å². The molecule has 7 heteroatoms. The Morgan fingerprint density at radius 3 is 2.14 bits per heavy atom. The molecule has 7 nitrogen and oxygen atoms in total. The minimum Gasteiger partial charge on any atom is -0.444 e. The maximum absolute atomic E-state index is 14.5. The Labute approximate surface area is 252 Å². The molecule has 2 aromatic carbocycles. The third kappa shape index (κ3) is 11.6. The Balaban J connectivity index is 2.56. The molecule has 0 bridgehead atoms. The molecule has 0 fully saturated rings. The van der Waals surface area contributed by atoms with Crippen molar-refractivity contribution >= 4 is 17.9 Å². The smallest absolute Gasteiger partial charge is 0.408 e. The fourth-order valence-electron chi connectivity index (χ4n) is 4.81. The third-order valence-electron chi connectivity index (χ3n) is 6.71. The van der Waals surface area contributed by atoms with Gasteiger partial charge in [-0.15, -0.1) is 6.42 Å². The molecule has 0 heterocycles. The summed E-state index contributed by atoms with van der Waals surface area (Å²) in [5.74, 6) is 2.00. The van der Waals surface area contributed by atoms with E-state index in [9.17, 15) is 14.4 Å². The van der Waals surface area contributed by atoms with Crippen molar-refractivity contribution in [1.29, 1.82) is 0 Å². The first-order chi connectivity index (χ1) is 20.0. The van der Waals surface area contributed by atoms with Gasteiger partial charge in [0, 0.05) is 24.6 Å². The van der Waals surface area contributed by atoms with Gasteiger partial charge in [0.05, 0.1) is 0 Å². The van der Waals surface area contributed by atoms with Crippen LogP contribution >= 0.6 is 0 Å². The summed E-state index contributed by atoms with van der Waals surface area (Å²) in [6.45, 7) is 11.6. The van der Waals surface area contributed by atoms with Crippen LogP contribution in [0.1, 0.15) is 103 Å². The van der Waals surface area contributed by atoms with E-state index in [1.54, 1.807) is 37.8 Å². The van der Waals surface area contributed by atoms with Crippen LogP contribution < -0.4 is 10.6 Å². The van der Waals surface area contributed by atoms with Crippen molar-refractivity contribution in [3.05, 3.63) is 71.3 Å².